The van der Waals surface area contributed by atoms with Gasteiger partial charge in [0.1, 0.15) is 0 Å². The molecule has 9 heteroatoms. The van der Waals surface area contributed by atoms with Gasteiger partial charge < -0.3 is 30.7 Å². The van der Waals surface area contributed by atoms with Crippen molar-refractivity contribution in [2.45, 2.75) is 126 Å². The molecule has 0 spiro atoms. The molecule has 0 saturated heterocycles. The van der Waals surface area contributed by atoms with Crippen LogP contribution < -0.4 is 0 Å². The maximum absolute atomic E-state index is 6.50. The zero-order valence-corrected chi connectivity index (χ0v) is 22.2. The van der Waals surface area contributed by atoms with Gasteiger partial charge in [0, 0.05) is 30.5 Å². The van der Waals surface area contributed by atoms with Crippen molar-refractivity contribution >= 4 is 18.1 Å². The third-order valence-corrected chi connectivity index (χ3v) is 9.24. The lowest BCUT2D eigenvalue weighted by Crippen LogP contribution is -2.66. The molecule has 0 amide bonds. The van der Waals surface area contributed by atoms with E-state index in [2.05, 4.69) is 0 Å². The highest BCUT2D eigenvalue weighted by atomic mass is 28.5. The van der Waals surface area contributed by atoms with Crippen LogP contribution in [0.15, 0.2) is 0 Å². The van der Waals surface area contributed by atoms with E-state index >= 15 is 0 Å². The molecule has 0 aliphatic rings. The maximum Gasteiger partial charge on any atom is 0.674 e. The molecule has 0 atom stereocenters. The van der Waals surface area contributed by atoms with Crippen molar-refractivity contribution in [1.29, 1.82) is 0 Å². The van der Waals surface area contributed by atoms with E-state index in [0.717, 1.165) is 0 Å². The Hall–Kier alpha value is 0.154. The molecule has 0 N–H and O–H groups in total. The van der Waals surface area contributed by atoms with Crippen LogP contribution in [-0.2, 0) is 30.7 Å². The average molecular weight is 441 g/mol. The SMILES string of the molecule is CC(C)O[Si](OC(C)C)(OC(C)C)O[Si](OC(C)C)(OC(C)C)OC(C)(C)C. The molecule has 0 aliphatic heterocycles. The largest absolute Gasteiger partial charge is 0.674 e. The fraction of sp³-hybridized carbons (Fsp3) is 1.00. The van der Waals surface area contributed by atoms with Gasteiger partial charge in [0.25, 0.3) is 0 Å². The molecular weight excluding hydrogens is 396 g/mol. The first-order chi connectivity index (χ1) is 12.5. The minimum Gasteiger partial charge on any atom is -0.349 e. The van der Waals surface area contributed by atoms with Gasteiger partial charge in [0.15, 0.2) is 0 Å². The first kappa shape index (κ1) is 28.2. The fourth-order valence-electron chi connectivity index (χ4n) is 2.27. The van der Waals surface area contributed by atoms with Crippen molar-refractivity contribution < 1.29 is 30.7 Å². The molecule has 0 heterocycles. The summed E-state index contributed by atoms with van der Waals surface area (Å²) in [7, 11) is -7.37. The minimum absolute atomic E-state index is 0.177. The lowest BCUT2D eigenvalue weighted by molar-refractivity contribution is -0.121. The fourth-order valence-corrected chi connectivity index (χ4v) is 8.58. The van der Waals surface area contributed by atoms with Crippen molar-refractivity contribution in [2.24, 2.45) is 0 Å². The molecule has 0 aliphatic carbocycles. The minimum atomic E-state index is -3.71. The van der Waals surface area contributed by atoms with E-state index in [-0.39, 0.29) is 30.5 Å². The molecule has 0 unspecified atom stereocenters. The van der Waals surface area contributed by atoms with Crippen molar-refractivity contribution in [3.63, 3.8) is 0 Å². The molecule has 170 valence electrons. The van der Waals surface area contributed by atoms with Gasteiger partial charge in [-0.15, -0.1) is 0 Å². The topological polar surface area (TPSA) is 64.6 Å². The van der Waals surface area contributed by atoms with Crippen LogP contribution in [0.3, 0.4) is 0 Å². The van der Waals surface area contributed by atoms with E-state index < -0.39 is 23.7 Å². The summed E-state index contributed by atoms with van der Waals surface area (Å²) in [5, 5.41) is 0. The second-order valence-electron chi connectivity index (χ2n) is 9.15. The van der Waals surface area contributed by atoms with Gasteiger partial charge in [-0.05, 0) is 90.0 Å². The van der Waals surface area contributed by atoms with Gasteiger partial charge in [-0.25, -0.2) is 0 Å². The summed E-state index contributed by atoms with van der Waals surface area (Å²) in [4.78, 5) is 0. The van der Waals surface area contributed by atoms with E-state index in [1.807, 2.05) is 90.0 Å². The van der Waals surface area contributed by atoms with Crippen LogP contribution in [0.25, 0.3) is 0 Å². The molecule has 0 radical (unpaired) electrons. The Labute approximate surface area is 175 Å². The van der Waals surface area contributed by atoms with Crippen molar-refractivity contribution in [3.05, 3.63) is 0 Å². The molecule has 0 aromatic carbocycles. The predicted molar refractivity (Wildman–Crippen MR) is 115 cm³/mol. The molecule has 0 bridgehead atoms. The zero-order chi connectivity index (χ0) is 22.3. The molecule has 0 aromatic heterocycles. The summed E-state index contributed by atoms with van der Waals surface area (Å²) in [6.07, 6.45) is -0.899. The van der Waals surface area contributed by atoms with Gasteiger partial charge in [-0.1, -0.05) is 0 Å². The van der Waals surface area contributed by atoms with Crippen LogP contribution in [0.2, 0.25) is 0 Å². The second kappa shape index (κ2) is 11.5. The van der Waals surface area contributed by atoms with E-state index in [4.69, 9.17) is 30.7 Å². The van der Waals surface area contributed by atoms with Gasteiger partial charge in [-0.2, -0.15) is 0 Å². The normalized spacial score (nSPS) is 14.4. The first-order valence-electron chi connectivity index (χ1n) is 10.3. The molecule has 0 aromatic rings. The second-order valence-corrected chi connectivity index (χ2v) is 13.3. The van der Waals surface area contributed by atoms with Crippen LogP contribution in [-0.4, -0.2) is 54.2 Å². The van der Waals surface area contributed by atoms with E-state index in [1.54, 1.807) is 0 Å². The van der Waals surface area contributed by atoms with Crippen molar-refractivity contribution in [2.75, 3.05) is 0 Å². The summed E-state index contributed by atoms with van der Waals surface area (Å²) in [6.45, 7) is 25.0. The van der Waals surface area contributed by atoms with Gasteiger partial charge in [-0.3, -0.25) is 0 Å². The van der Waals surface area contributed by atoms with Crippen LogP contribution in [0.4, 0.5) is 0 Å². The summed E-state index contributed by atoms with van der Waals surface area (Å²) in [6, 6.07) is 0. The Morgan fingerprint density at radius 1 is 0.464 bits per heavy atom. The molecule has 7 nitrogen and oxygen atoms in total. The Morgan fingerprint density at radius 2 is 0.714 bits per heavy atom. The van der Waals surface area contributed by atoms with Crippen LogP contribution in [0.1, 0.15) is 90.0 Å². The van der Waals surface area contributed by atoms with E-state index in [1.165, 1.54) is 0 Å². The Balaban J connectivity index is 6.30. The monoisotopic (exact) mass is 440 g/mol. The standard InChI is InChI=1S/C19H44O7Si2/c1-14(2)20-27(21-15(3)4,22-16(5)6)26-28(23-17(7)8,24-18(9)10)25-19(11,12)13/h14-18H,1-13H3. The first-order valence-corrected chi connectivity index (χ1v) is 13.6. The Kier molecular flexibility index (Phi) is 11.6. The maximum atomic E-state index is 6.50. The van der Waals surface area contributed by atoms with E-state index in [0.29, 0.717) is 0 Å². The predicted octanol–water partition coefficient (Wildman–Crippen LogP) is 4.81. The van der Waals surface area contributed by atoms with Crippen LogP contribution in [0.5, 0.6) is 0 Å². The highest BCUT2D eigenvalue weighted by Crippen LogP contribution is 2.30. The van der Waals surface area contributed by atoms with Gasteiger partial charge in [0.05, 0.1) is 5.60 Å². The highest BCUT2D eigenvalue weighted by molar-refractivity contribution is 6.68. The molecule has 28 heavy (non-hydrogen) atoms. The molecule has 0 rings (SSSR count). The molecular formula is C19H44O7Si2. The Bertz CT molecular complexity index is 398. The lowest BCUT2D eigenvalue weighted by atomic mass is 10.2. The summed E-state index contributed by atoms with van der Waals surface area (Å²) >= 11 is 0. The number of rotatable bonds is 13. The summed E-state index contributed by atoms with van der Waals surface area (Å²) < 4.78 is 43.7. The summed E-state index contributed by atoms with van der Waals surface area (Å²) in [5.74, 6) is 0. The molecule has 0 fully saturated rings. The van der Waals surface area contributed by atoms with Crippen LogP contribution in [0, 0.1) is 0 Å². The van der Waals surface area contributed by atoms with Crippen molar-refractivity contribution in [1.82, 2.24) is 0 Å². The Morgan fingerprint density at radius 3 is 0.929 bits per heavy atom. The summed E-state index contributed by atoms with van der Waals surface area (Å²) in [5.41, 5.74) is -0.566. The quantitative estimate of drug-likeness (QED) is 0.381. The van der Waals surface area contributed by atoms with Gasteiger partial charge >= 0.3 is 18.1 Å². The molecule has 0 saturated carbocycles. The van der Waals surface area contributed by atoms with E-state index in [9.17, 15) is 0 Å². The third-order valence-electron chi connectivity index (χ3n) is 2.58. The number of hydrogen-bond donors (Lipinski definition) is 0. The smallest absolute Gasteiger partial charge is 0.349 e. The van der Waals surface area contributed by atoms with Gasteiger partial charge in [0.2, 0.25) is 0 Å². The zero-order valence-electron chi connectivity index (χ0n) is 20.2. The van der Waals surface area contributed by atoms with Crippen LogP contribution >= 0.6 is 0 Å². The highest BCUT2D eigenvalue weighted by Gasteiger charge is 2.63. The third kappa shape index (κ3) is 12.0. The average Bonchev–Trinajstić information content (AvgIpc) is 2.29. The lowest BCUT2D eigenvalue weighted by Gasteiger charge is -2.41. The number of hydrogen-bond acceptors (Lipinski definition) is 7. The van der Waals surface area contributed by atoms with Crippen molar-refractivity contribution in [3.8, 4) is 0 Å².